The average Bonchev–Trinajstić information content (AvgIpc) is 2.48. The molecule has 1 aliphatic heterocycles. The Morgan fingerprint density at radius 3 is 2.32 bits per heavy atom. The van der Waals surface area contributed by atoms with Crippen molar-refractivity contribution in [1.29, 1.82) is 0 Å². The summed E-state index contributed by atoms with van der Waals surface area (Å²) < 4.78 is 5.41. The van der Waals surface area contributed by atoms with Crippen LogP contribution in [0.4, 0.5) is 5.69 Å². The van der Waals surface area contributed by atoms with E-state index in [2.05, 4.69) is 10.2 Å². The maximum absolute atomic E-state index is 12.4. The summed E-state index contributed by atoms with van der Waals surface area (Å²) in [5, 5.41) is 3.01. The standard InChI is InChI=1S/C18H28N2O2/c1-3-22-17-11-9-16(10-12-17)19-18(21)15(2)20-13-7-5-4-6-8-14-20/h9-12,15H,3-8,13-14H2,1-2H3,(H,19,21)/t15-/m0/s1. The zero-order valence-corrected chi connectivity index (χ0v) is 13.8. The molecule has 1 atom stereocenters. The van der Waals surface area contributed by atoms with Crippen LogP contribution in [0.5, 0.6) is 5.75 Å². The van der Waals surface area contributed by atoms with Crippen LogP contribution in [0.3, 0.4) is 0 Å². The molecule has 0 radical (unpaired) electrons. The molecule has 1 fully saturated rings. The molecule has 1 aliphatic rings. The van der Waals surface area contributed by atoms with Gasteiger partial charge in [0.25, 0.3) is 0 Å². The second-order valence-corrected chi connectivity index (χ2v) is 5.93. The van der Waals surface area contributed by atoms with Crippen molar-refractivity contribution in [2.45, 2.75) is 52.0 Å². The molecular weight excluding hydrogens is 276 g/mol. The molecule has 0 saturated carbocycles. The summed E-state index contributed by atoms with van der Waals surface area (Å²) in [5.41, 5.74) is 0.826. The van der Waals surface area contributed by atoms with Gasteiger partial charge in [-0.05, 0) is 64.0 Å². The van der Waals surface area contributed by atoms with E-state index in [1.165, 1.54) is 32.1 Å². The smallest absolute Gasteiger partial charge is 0.241 e. The first-order chi connectivity index (χ1) is 10.7. The average molecular weight is 304 g/mol. The summed E-state index contributed by atoms with van der Waals surface area (Å²) in [5.74, 6) is 0.905. The topological polar surface area (TPSA) is 41.6 Å². The maximum Gasteiger partial charge on any atom is 0.241 e. The molecule has 1 saturated heterocycles. The first kappa shape index (κ1) is 16.8. The van der Waals surface area contributed by atoms with Crippen LogP contribution in [-0.4, -0.2) is 36.5 Å². The van der Waals surface area contributed by atoms with E-state index in [1.807, 2.05) is 38.1 Å². The summed E-state index contributed by atoms with van der Waals surface area (Å²) in [4.78, 5) is 14.7. The van der Waals surface area contributed by atoms with Crippen molar-refractivity contribution >= 4 is 11.6 Å². The lowest BCUT2D eigenvalue weighted by molar-refractivity contribution is -0.120. The third-order valence-electron chi connectivity index (χ3n) is 4.25. The SMILES string of the molecule is CCOc1ccc(NC(=O)[C@H](C)N2CCCCCCC2)cc1. The first-order valence-corrected chi connectivity index (χ1v) is 8.48. The number of benzene rings is 1. The van der Waals surface area contributed by atoms with E-state index >= 15 is 0 Å². The number of hydrogen-bond donors (Lipinski definition) is 1. The number of anilines is 1. The molecule has 4 nitrogen and oxygen atoms in total. The van der Waals surface area contributed by atoms with E-state index in [0.29, 0.717) is 6.61 Å². The van der Waals surface area contributed by atoms with Gasteiger partial charge in [-0.3, -0.25) is 9.69 Å². The van der Waals surface area contributed by atoms with Crippen LogP contribution in [0.1, 0.15) is 46.0 Å². The lowest BCUT2D eigenvalue weighted by atomic mass is 10.1. The van der Waals surface area contributed by atoms with Crippen LogP contribution < -0.4 is 10.1 Å². The van der Waals surface area contributed by atoms with E-state index in [-0.39, 0.29) is 11.9 Å². The fourth-order valence-corrected chi connectivity index (χ4v) is 2.87. The second kappa shape index (κ2) is 8.79. The van der Waals surface area contributed by atoms with Gasteiger partial charge in [0, 0.05) is 5.69 Å². The molecule has 1 N–H and O–H groups in total. The van der Waals surface area contributed by atoms with Gasteiger partial charge in [-0.1, -0.05) is 19.3 Å². The molecule has 2 rings (SSSR count). The third-order valence-corrected chi connectivity index (χ3v) is 4.25. The number of hydrogen-bond acceptors (Lipinski definition) is 3. The minimum atomic E-state index is -0.0790. The summed E-state index contributed by atoms with van der Waals surface area (Å²) >= 11 is 0. The number of nitrogens with zero attached hydrogens (tertiary/aromatic N) is 1. The van der Waals surface area contributed by atoms with Crippen LogP contribution in [0, 0.1) is 0 Å². The Morgan fingerprint density at radius 2 is 1.73 bits per heavy atom. The van der Waals surface area contributed by atoms with E-state index in [1.54, 1.807) is 0 Å². The van der Waals surface area contributed by atoms with Crippen molar-refractivity contribution < 1.29 is 9.53 Å². The molecule has 1 aromatic rings. The number of carbonyl (C=O) groups is 1. The van der Waals surface area contributed by atoms with Gasteiger partial charge >= 0.3 is 0 Å². The number of ether oxygens (including phenoxy) is 1. The van der Waals surface area contributed by atoms with Gasteiger partial charge in [0.2, 0.25) is 5.91 Å². The van der Waals surface area contributed by atoms with Crippen LogP contribution in [-0.2, 0) is 4.79 Å². The van der Waals surface area contributed by atoms with E-state index < -0.39 is 0 Å². The van der Waals surface area contributed by atoms with Crippen LogP contribution >= 0.6 is 0 Å². The maximum atomic E-state index is 12.4. The largest absolute Gasteiger partial charge is 0.494 e. The van der Waals surface area contributed by atoms with Gasteiger partial charge in [-0.25, -0.2) is 0 Å². The molecule has 4 heteroatoms. The van der Waals surface area contributed by atoms with Crippen LogP contribution in [0.25, 0.3) is 0 Å². The van der Waals surface area contributed by atoms with Crippen molar-refractivity contribution in [2.24, 2.45) is 0 Å². The quantitative estimate of drug-likeness (QED) is 0.902. The molecule has 122 valence electrons. The summed E-state index contributed by atoms with van der Waals surface area (Å²) in [7, 11) is 0. The monoisotopic (exact) mass is 304 g/mol. The van der Waals surface area contributed by atoms with Crippen molar-refractivity contribution in [3.8, 4) is 5.75 Å². The molecule has 1 aromatic carbocycles. The lowest BCUT2D eigenvalue weighted by Crippen LogP contribution is -2.43. The summed E-state index contributed by atoms with van der Waals surface area (Å²) in [6.45, 7) is 6.67. The fourth-order valence-electron chi connectivity index (χ4n) is 2.87. The molecule has 0 spiro atoms. The van der Waals surface area contributed by atoms with Gasteiger partial charge in [0.05, 0.1) is 12.6 Å². The predicted octanol–water partition coefficient (Wildman–Crippen LogP) is 3.68. The van der Waals surface area contributed by atoms with Gasteiger partial charge in [0.15, 0.2) is 0 Å². The Labute approximate surface area is 133 Å². The van der Waals surface area contributed by atoms with Crippen LogP contribution in [0.15, 0.2) is 24.3 Å². The highest BCUT2D eigenvalue weighted by Crippen LogP contribution is 2.17. The Hall–Kier alpha value is -1.55. The van der Waals surface area contributed by atoms with Gasteiger partial charge in [0.1, 0.15) is 5.75 Å². The van der Waals surface area contributed by atoms with Crippen molar-refractivity contribution in [1.82, 2.24) is 4.90 Å². The van der Waals surface area contributed by atoms with Gasteiger partial charge < -0.3 is 10.1 Å². The third kappa shape index (κ3) is 5.02. The van der Waals surface area contributed by atoms with E-state index in [4.69, 9.17) is 4.74 Å². The molecule has 0 unspecified atom stereocenters. The highest BCUT2D eigenvalue weighted by molar-refractivity contribution is 5.94. The minimum Gasteiger partial charge on any atom is -0.494 e. The molecule has 1 amide bonds. The number of rotatable bonds is 5. The highest BCUT2D eigenvalue weighted by Gasteiger charge is 2.21. The zero-order chi connectivity index (χ0) is 15.8. The molecule has 1 heterocycles. The van der Waals surface area contributed by atoms with Crippen LogP contribution in [0.2, 0.25) is 0 Å². The van der Waals surface area contributed by atoms with Gasteiger partial charge in [-0.15, -0.1) is 0 Å². The molecule has 0 bridgehead atoms. The summed E-state index contributed by atoms with van der Waals surface area (Å²) in [6.07, 6.45) is 6.29. The zero-order valence-electron chi connectivity index (χ0n) is 13.8. The highest BCUT2D eigenvalue weighted by atomic mass is 16.5. The molecular formula is C18H28N2O2. The summed E-state index contributed by atoms with van der Waals surface area (Å²) in [6, 6.07) is 7.48. The Kier molecular flexibility index (Phi) is 6.72. The van der Waals surface area contributed by atoms with Crippen molar-refractivity contribution in [3.05, 3.63) is 24.3 Å². The van der Waals surface area contributed by atoms with E-state index in [9.17, 15) is 4.79 Å². The predicted molar refractivity (Wildman–Crippen MR) is 90.4 cm³/mol. The number of amides is 1. The van der Waals surface area contributed by atoms with Crippen molar-refractivity contribution in [3.63, 3.8) is 0 Å². The number of carbonyl (C=O) groups excluding carboxylic acids is 1. The molecule has 0 aliphatic carbocycles. The molecule has 22 heavy (non-hydrogen) atoms. The Bertz CT molecular complexity index is 451. The van der Waals surface area contributed by atoms with Gasteiger partial charge in [-0.2, -0.15) is 0 Å². The minimum absolute atomic E-state index is 0.0738. The normalized spacial score (nSPS) is 18.1. The molecule has 0 aromatic heterocycles. The van der Waals surface area contributed by atoms with Crippen molar-refractivity contribution in [2.75, 3.05) is 25.0 Å². The van der Waals surface area contributed by atoms with E-state index in [0.717, 1.165) is 24.5 Å². The first-order valence-electron chi connectivity index (χ1n) is 8.48. The second-order valence-electron chi connectivity index (χ2n) is 5.93. The Morgan fingerprint density at radius 1 is 1.14 bits per heavy atom. The number of likely N-dealkylation sites (tertiary alicyclic amines) is 1. The Balaban J connectivity index is 1.89. The lowest BCUT2D eigenvalue weighted by Gasteiger charge is -2.29. The number of nitrogens with one attached hydrogen (secondary N) is 1. The fraction of sp³-hybridized carbons (Fsp3) is 0.611.